The molecular weight excluding hydrogens is 292 g/mol. The Balaban J connectivity index is 2.07. The van der Waals surface area contributed by atoms with E-state index in [4.69, 9.17) is 15.5 Å². The second kappa shape index (κ2) is 6.69. The van der Waals surface area contributed by atoms with Crippen LogP contribution in [0.25, 0.3) is 0 Å². The van der Waals surface area contributed by atoms with Gasteiger partial charge in [-0.15, -0.1) is 11.3 Å². The summed E-state index contributed by atoms with van der Waals surface area (Å²) >= 11 is 1.71. The van der Waals surface area contributed by atoms with Crippen molar-refractivity contribution in [2.45, 2.75) is 46.5 Å². The summed E-state index contributed by atoms with van der Waals surface area (Å²) in [5.41, 5.74) is 9.21. The molecule has 0 saturated heterocycles. The lowest BCUT2D eigenvalue weighted by Crippen LogP contribution is -2.11. The average Bonchev–Trinajstić information content (AvgIpc) is 2.86. The van der Waals surface area contributed by atoms with Gasteiger partial charge in [0.1, 0.15) is 5.75 Å². The summed E-state index contributed by atoms with van der Waals surface area (Å²) in [4.78, 5) is 4.73. The van der Waals surface area contributed by atoms with Gasteiger partial charge in [-0.1, -0.05) is 40.7 Å². The molecule has 3 nitrogen and oxygen atoms in total. The minimum Gasteiger partial charge on any atom is -0.491 e. The van der Waals surface area contributed by atoms with Crippen LogP contribution in [0.15, 0.2) is 23.6 Å². The molecule has 0 fully saturated rings. The van der Waals surface area contributed by atoms with Crippen molar-refractivity contribution in [1.82, 2.24) is 4.98 Å². The lowest BCUT2D eigenvalue weighted by Gasteiger charge is -2.14. The Morgan fingerprint density at radius 3 is 2.55 bits per heavy atom. The van der Waals surface area contributed by atoms with Crippen LogP contribution >= 0.6 is 11.3 Å². The molecule has 0 amide bonds. The molecule has 1 aromatic carbocycles. The number of hydrogen-bond donors (Lipinski definition) is 1. The highest BCUT2D eigenvalue weighted by Crippen LogP contribution is 2.27. The smallest absolute Gasteiger partial charge is 0.142 e. The van der Waals surface area contributed by atoms with Gasteiger partial charge in [-0.2, -0.15) is 0 Å². The van der Waals surface area contributed by atoms with E-state index in [1.165, 1.54) is 5.56 Å². The van der Waals surface area contributed by atoms with E-state index in [9.17, 15) is 0 Å². The standard InChI is InChI=1S/C18H26N2OS/c1-12(2)10-21-15-7-6-13(8-14(15)19)9-17-20-16(11-22-17)18(3,4)5/h6-8,11-12H,9-10,19H2,1-5H3. The van der Waals surface area contributed by atoms with Crippen molar-refractivity contribution in [3.63, 3.8) is 0 Å². The van der Waals surface area contributed by atoms with Crippen LogP contribution in [0.4, 0.5) is 5.69 Å². The Morgan fingerprint density at radius 1 is 1.27 bits per heavy atom. The van der Waals surface area contributed by atoms with E-state index in [0.717, 1.165) is 22.9 Å². The molecule has 0 saturated carbocycles. The molecule has 22 heavy (non-hydrogen) atoms. The Hall–Kier alpha value is -1.55. The maximum atomic E-state index is 6.09. The van der Waals surface area contributed by atoms with Crippen LogP contribution in [-0.4, -0.2) is 11.6 Å². The number of rotatable bonds is 5. The van der Waals surface area contributed by atoms with E-state index in [2.05, 4.69) is 46.1 Å². The Labute approximate surface area is 137 Å². The largest absolute Gasteiger partial charge is 0.491 e. The number of nitrogen functional groups attached to an aromatic ring is 1. The summed E-state index contributed by atoms with van der Waals surface area (Å²) in [5, 5.41) is 3.28. The number of aromatic nitrogens is 1. The van der Waals surface area contributed by atoms with Gasteiger partial charge in [-0.25, -0.2) is 4.98 Å². The van der Waals surface area contributed by atoms with Crippen molar-refractivity contribution in [3.05, 3.63) is 39.8 Å². The monoisotopic (exact) mass is 318 g/mol. The number of anilines is 1. The van der Waals surface area contributed by atoms with Crippen molar-refractivity contribution in [1.29, 1.82) is 0 Å². The van der Waals surface area contributed by atoms with Crippen LogP contribution in [0.3, 0.4) is 0 Å². The second-order valence-corrected chi connectivity index (χ2v) is 8.07. The van der Waals surface area contributed by atoms with Gasteiger partial charge >= 0.3 is 0 Å². The van der Waals surface area contributed by atoms with Crippen molar-refractivity contribution < 1.29 is 4.74 Å². The Morgan fingerprint density at radius 2 is 2.00 bits per heavy atom. The third-order valence-electron chi connectivity index (χ3n) is 3.32. The van der Waals surface area contributed by atoms with Crippen molar-refractivity contribution >= 4 is 17.0 Å². The van der Waals surface area contributed by atoms with Gasteiger partial charge in [0.15, 0.2) is 0 Å². The summed E-state index contributed by atoms with van der Waals surface area (Å²) in [6.07, 6.45) is 0.815. The summed E-state index contributed by atoms with van der Waals surface area (Å²) < 4.78 is 5.71. The molecule has 4 heteroatoms. The number of nitrogens with two attached hydrogens (primary N) is 1. The van der Waals surface area contributed by atoms with Crippen molar-refractivity contribution in [2.75, 3.05) is 12.3 Å². The van der Waals surface area contributed by atoms with Crippen molar-refractivity contribution in [3.8, 4) is 5.75 Å². The SMILES string of the molecule is CC(C)COc1ccc(Cc2nc(C(C)(C)C)cs2)cc1N. The lowest BCUT2D eigenvalue weighted by molar-refractivity contribution is 0.272. The fourth-order valence-corrected chi connectivity index (χ4v) is 3.06. The number of thiazole rings is 1. The third kappa shape index (κ3) is 4.47. The first-order chi connectivity index (χ1) is 10.3. The summed E-state index contributed by atoms with van der Waals surface area (Å²) in [6, 6.07) is 6.03. The van der Waals surface area contributed by atoms with Gasteiger partial charge in [-0.05, 0) is 23.6 Å². The topological polar surface area (TPSA) is 48.1 Å². The fraction of sp³-hybridized carbons (Fsp3) is 0.500. The van der Waals surface area contributed by atoms with Gasteiger partial charge in [-0.3, -0.25) is 0 Å². The van der Waals surface area contributed by atoms with E-state index >= 15 is 0 Å². The zero-order valence-electron chi connectivity index (χ0n) is 14.1. The summed E-state index contributed by atoms with van der Waals surface area (Å²) in [5.74, 6) is 1.26. The van der Waals surface area contributed by atoms with Gasteiger partial charge < -0.3 is 10.5 Å². The molecular formula is C18H26N2OS. The lowest BCUT2D eigenvalue weighted by atomic mass is 9.93. The molecule has 0 bridgehead atoms. The van der Waals surface area contributed by atoms with Crippen LogP contribution in [0.2, 0.25) is 0 Å². The molecule has 0 radical (unpaired) electrons. The van der Waals surface area contributed by atoms with Gasteiger partial charge in [0.2, 0.25) is 0 Å². The predicted octanol–water partition coefficient (Wildman–Crippen LogP) is 4.65. The fourth-order valence-electron chi connectivity index (χ4n) is 2.01. The molecule has 0 atom stereocenters. The van der Waals surface area contributed by atoms with Gasteiger partial charge in [0.25, 0.3) is 0 Å². The molecule has 1 aromatic heterocycles. The van der Waals surface area contributed by atoms with Crippen LogP contribution in [0.5, 0.6) is 5.75 Å². The number of hydrogen-bond acceptors (Lipinski definition) is 4. The van der Waals surface area contributed by atoms with Crippen LogP contribution in [0.1, 0.15) is 50.9 Å². The molecule has 0 aliphatic carbocycles. The van der Waals surface area contributed by atoms with E-state index in [1.54, 1.807) is 11.3 Å². The highest BCUT2D eigenvalue weighted by atomic mass is 32.1. The van der Waals surface area contributed by atoms with Gasteiger partial charge in [0, 0.05) is 17.2 Å². The Bertz CT molecular complexity index is 626. The minimum absolute atomic E-state index is 0.0995. The van der Waals surface area contributed by atoms with E-state index in [-0.39, 0.29) is 5.41 Å². The molecule has 120 valence electrons. The second-order valence-electron chi connectivity index (χ2n) is 7.13. The van der Waals surface area contributed by atoms with Crippen LogP contribution < -0.4 is 10.5 Å². The normalized spacial score (nSPS) is 11.9. The van der Waals surface area contributed by atoms with E-state index < -0.39 is 0 Å². The van der Waals surface area contributed by atoms with E-state index in [0.29, 0.717) is 18.2 Å². The maximum absolute atomic E-state index is 6.09. The predicted molar refractivity (Wildman–Crippen MR) is 94.8 cm³/mol. The first-order valence-corrected chi connectivity index (χ1v) is 8.59. The van der Waals surface area contributed by atoms with Crippen LogP contribution in [0, 0.1) is 5.92 Å². The van der Waals surface area contributed by atoms with E-state index in [1.807, 2.05) is 12.1 Å². The number of ether oxygens (including phenoxy) is 1. The molecule has 2 aromatic rings. The summed E-state index contributed by atoms with van der Waals surface area (Å²) in [6.45, 7) is 11.5. The van der Waals surface area contributed by atoms with Gasteiger partial charge in [0.05, 0.1) is 23.0 Å². The molecule has 0 unspecified atom stereocenters. The highest BCUT2D eigenvalue weighted by molar-refractivity contribution is 7.09. The van der Waals surface area contributed by atoms with Crippen LogP contribution in [-0.2, 0) is 11.8 Å². The number of benzene rings is 1. The first kappa shape index (κ1) is 16.8. The first-order valence-electron chi connectivity index (χ1n) is 7.72. The molecule has 0 aliphatic rings. The third-order valence-corrected chi connectivity index (χ3v) is 4.17. The average molecular weight is 318 g/mol. The highest BCUT2D eigenvalue weighted by Gasteiger charge is 2.17. The number of nitrogens with zero attached hydrogens (tertiary/aromatic N) is 1. The minimum atomic E-state index is 0.0995. The quantitative estimate of drug-likeness (QED) is 0.816. The zero-order chi connectivity index (χ0) is 16.3. The summed E-state index contributed by atoms with van der Waals surface area (Å²) in [7, 11) is 0. The molecule has 0 spiro atoms. The molecule has 1 heterocycles. The molecule has 2 N–H and O–H groups in total. The molecule has 0 aliphatic heterocycles. The Kier molecular flexibility index (Phi) is 5.12. The zero-order valence-corrected chi connectivity index (χ0v) is 15.0. The van der Waals surface area contributed by atoms with Crippen molar-refractivity contribution in [2.24, 2.45) is 5.92 Å². The maximum Gasteiger partial charge on any atom is 0.142 e. The molecule has 2 rings (SSSR count).